The second kappa shape index (κ2) is 6.34. The number of rotatable bonds is 2. The van der Waals surface area contributed by atoms with Crippen LogP contribution in [-0.2, 0) is 20.9 Å². The van der Waals surface area contributed by atoms with E-state index >= 15 is 0 Å². The molecule has 3 nitrogen and oxygen atoms in total. The fourth-order valence-electron chi connectivity index (χ4n) is 3.46. The third-order valence-corrected chi connectivity index (χ3v) is 9.89. The molecule has 0 bridgehead atoms. The molecule has 134 valence electrons. The van der Waals surface area contributed by atoms with Gasteiger partial charge in [0.2, 0.25) is 6.49 Å². The van der Waals surface area contributed by atoms with Crippen LogP contribution >= 0.6 is 45.6 Å². The van der Waals surface area contributed by atoms with Crippen LogP contribution in [0.5, 0.6) is 0 Å². The van der Waals surface area contributed by atoms with Gasteiger partial charge in [-0.15, -0.1) is 23.2 Å². The van der Waals surface area contributed by atoms with Crippen LogP contribution in [0.2, 0.25) is 0 Å². The summed E-state index contributed by atoms with van der Waals surface area (Å²) >= 11 is 21.8. The molecule has 8 heteroatoms. The first-order valence-corrected chi connectivity index (χ1v) is 12.1. The summed E-state index contributed by atoms with van der Waals surface area (Å²) in [4.78, 5) is 0. The van der Waals surface area contributed by atoms with Crippen LogP contribution in [0, 0.1) is 25.7 Å². The molecule has 2 fully saturated rings. The lowest BCUT2D eigenvalue weighted by atomic mass is 10.3. The summed E-state index contributed by atoms with van der Waals surface area (Å²) in [5.41, 5.74) is 3.25. The van der Waals surface area contributed by atoms with Crippen molar-refractivity contribution in [3.8, 4) is 5.69 Å². The molecule has 25 heavy (non-hydrogen) atoms. The van der Waals surface area contributed by atoms with E-state index in [9.17, 15) is 0 Å². The minimum absolute atomic E-state index is 0.107. The maximum Gasteiger partial charge on any atom is 0.221 e. The van der Waals surface area contributed by atoms with Gasteiger partial charge in [-0.2, -0.15) is 0 Å². The summed E-state index contributed by atoms with van der Waals surface area (Å²) in [6.45, 7) is 2.48. The number of benzene rings is 1. The fraction of sp³-hybridized carbons (Fsp3) is 0.412. The van der Waals surface area contributed by atoms with Gasteiger partial charge in [0.15, 0.2) is 0 Å². The molecule has 0 spiro atoms. The standard InChI is InChI=1S/C17H17BrCl2NO2PS/c1-10-7-16(11(2)21(10)13-5-3-12(18)4-6-13)24(25)22-8-14-15(9-23-24)17(14,19)20/h3-7,14-15H,8-9H2,1-2H3/t14-,15+,24?. The Labute approximate surface area is 170 Å². The summed E-state index contributed by atoms with van der Waals surface area (Å²) in [6.07, 6.45) is 0. The van der Waals surface area contributed by atoms with Crippen molar-refractivity contribution in [1.82, 2.24) is 4.57 Å². The number of aryl methyl sites for hydroxylation is 1. The molecule has 1 aliphatic carbocycles. The highest BCUT2D eigenvalue weighted by atomic mass is 79.9. The summed E-state index contributed by atoms with van der Waals surface area (Å²) in [7, 11) is 0. The molecule has 3 atom stereocenters. The Morgan fingerprint density at radius 1 is 1.16 bits per heavy atom. The fourth-order valence-corrected chi connectivity index (χ4v) is 7.28. The van der Waals surface area contributed by atoms with Crippen molar-refractivity contribution in [2.45, 2.75) is 18.2 Å². The summed E-state index contributed by atoms with van der Waals surface area (Å²) in [6, 6.07) is 10.3. The van der Waals surface area contributed by atoms with E-state index < -0.39 is 10.8 Å². The number of fused-ring (bicyclic) bond motifs is 1. The molecule has 1 saturated carbocycles. The van der Waals surface area contributed by atoms with E-state index in [0.717, 1.165) is 26.9 Å². The van der Waals surface area contributed by atoms with E-state index in [1.165, 1.54) is 0 Å². The Balaban J connectivity index is 1.69. The van der Waals surface area contributed by atoms with Crippen LogP contribution in [0.3, 0.4) is 0 Å². The molecule has 2 aliphatic rings. The number of alkyl halides is 2. The van der Waals surface area contributed by atoms with Gasteiger partial charge in [-0.25, -0.2) is 0 Å². The van der Waals surface area contributed by atoms with E-state index in [1.807, 2.05) is 12.1 Å². The van der Waals surface area contributed by atoms with E-state index in [0.29, 0.717) is 13.2 Å². The average molecular weight is 481 g/mol. The van der Waals surface area contributed by atoms with Crippen LogP contribution in [0.25, 0.3) is 5.69 Å². The third-order valence-electron chi connectivity index (χ3n) is 5.00. The molecular formula is C17H17BrCl2NO2PS. The SMILES string of the molecule is Cc1cc(P2(=S)OC[C@@H]3[C@H](CO2)C3(Cl)Cl)c(C)n1-c1ccc(Br)cc1. The lowest BCUT2D eigenvalue weighted by molar-refractivity contribution is 0.274. The van der Waals surface area contributed by atoms with Crippen molar-refractivity contribution in [2.24, 2.45) is 11.8 Å². The van der Waals surface area contributed by atoms with Crippen LogP contribution in [-0.4, -0.2) is 22.1 Å². The monoisotopic (exact) mass is 479 g/mol. The number of halogens is 3. The highest BCUT2D eigenvalue weighted by Crippen LogP contribution is 2.65. The summed E-state index contributed by atoms with van der Waals surface area (Å²) in [5.74, 6) is 0.214. The molecule has 1 aromatic heterocycles. The van der Waals surface area contributed by atoms with Gasteiger partial charge < -0.3 is 13.6 Å². The Bertz CT molecular complexity index is 864. The third kappa shape index (κ3) is 3.06. The smallest absolute Gasteiger partial charge is 0.221 e. The van der Waals surface area contributed by atoms with E-state index in [-0.39, 0.29) is 11.8 Å². The molecule has 1 aliphatic heterocycles. The summed E-state index contributed by atoms with van der Waals surface area (Å²) in [5, 5.41) is 0.971. The lowest BCUT2D eigenvalue weighted by Gasteiger charge is -2.22. The topological polar surface area (TPSA) is 23.4 Å². The zero-order valence-electron chi connectivity index (χ0n) is 13.7. The molecule has 0 amide bonds. The Hall–Kier alpha value is 0.130. The van der Waals surface area contributed by atoms with Crippen LogP contribution < -0.4 is 5.30 Å². The van der Waals surface area contributed by atoms with E-state index in [2.05, 4.69) is 52.5 Å². The summed E-state index contributed by atoms with van der Waals surface area (Å²) < 4.78 is 14.7. The zero-order valence-corrected chi connectivity index (χ0v) is 18.5. The average Bonchev–Trinajstić information content (AvgIpc) is 3.03. The Kier molecular flexibility index (Phi) is 4.69. The minimum atomic E-state index is -2.56. The molecule has 1 aromatic carbocycles. The minimum Gasteiger partial charge on any atom is -0.326 e. The van der Waals surface area contributed by atoms with Crippen LogP contribution in [0.1, 0.15) is 11.4 Å². The molecule has 4 rings (SSSR count). The van der Waals surface area contributed by atoms with Crippen molar-refractivity contribution in [3.05, 3.63) is 46.2 Å². The highest BCUT2D eigenvalue weighted by Gasteiger charge is 2.65. The zero-order chi connectivity index (χ0) is 18.0. The van der Waals surface area contributed by atoms with E-state index in [1.54, 1.807) is 0 Å². The van der Waals surface area contributed by atoms with Gasteiger partial charge >= 0.3 is 0 Å². The van der Waals surface area contributed by atoms with E-state index in [4.69, 9.17) is 44.1 Å². The Morgan fingerprint density at radius 2 is 1.72 bits per heavy atom. The van der Waals surface area contributed by atoms with Crippen molar-refractivity contribution >= 4 is 62.7 Å². The first-order valence-electron chi connectivity index (χ1n) is 7.96. The van der Waals surface area contributed by atoms with Gasteiger partial charge in [0.25, 0.3) is 0 Å². The van der Waals surface area contributed by atoms with Crippen molar-refractivity contribution in [2.75, 3.05) is 13.2 Å². The molecule has 2 heterocycles. The number of aromatic nitrogens is 1. The maximum absolute atomic E-state index is 6.25. The first kappa shape index (κ1) is 18.5. The maximum atomic E-state index is 6.25. The second-order valence-electron chi connectivity index (χ2n) is 6.54. The molecule has 1 saturated heterocycles. The molecule has 0 N–H and O–H groups in total. The highest BCUT2D eigenvalue weighted by molar-refractivity contribution is 9.10. The molecule has 2 aromatic rings. The van der Waals surface area contributed by atoms with Crippen molar-refractivity contribution in [1.29, 1.82) is 0 Å². The molecular weight excluding hydrogens is 464 g/mol. The van der Waals surface area contributed by atoms with Gasteiger partial charge in [0, 0.05) is 33.4 Å². The predicted molar refractivity (Wildman–Crippen MR) is 110 cm³/mol. The predicted octanol–water partition coefficient (Wildman–Crippen LogP) is 5.26. The van der Waals surface area contributed by atoms with Crippen molar-refractivity contribution < 1.29 is 9.05 Å². The number of hydrogen-bond acceptors (Lipinski definition) is 3. The van der Waals surface area contributed by atoms with Crippen LogP contribution in [0.4, 0.5) is 0 Å². The largest absolute Gasteiger partial charge is 0.326 e. The first-order chi connectivity index (χ1) is 11.7. The molecule has 1 unspecified atom stereocenters. The quantitative estimate of drug-likeness (QED) is 0.432. The van der Waals surface area contributed by atoms with Gasteiger partial charge in [-0.3, -0.25) is 0 Å². The lowest BCUT2D eigenvalue weighted by Crippen LogP contribution is -2.15. The second-order valence-corrected chi connectivity index (χ2v) is 12.3. The molecule has 0 radical (unpaired) electrons. The number of nitrogens with zero attached hydrogens (tertiary/aromatic N) is 1. The van der Waals surface area contributed by atoms with Gasteiger partial charge in [0.05, 0.1) is 18.5 Å². The van der Waals surface area contributed by atoms with Gasteiger partial charge in [-0.1, -0.05) is 15.9 Å². The normalized spacial score (nSPS) is 30.6. The number of hydrogen-bond donors (Lipinski definition) is 0. The van der Waals surface area contributed by atoms with Crippen molar-refractivity contribution in [3.63, 3.8) is 0 Å². The van der Waals surface area contributed by atoms with Crippen LogP contribution in [0.15, 0.2) is 34.8 Å². The van der Waals surface area contributed by atoms with Gasteiger partial charge in [-0.05, 0) is 56.0 Å². The Morgan fingerprint density at radius 3 is 2.28 bits per heavy atom. The van der Waals surface area contributed by atoms with Gasteiger partial charge in [0.1, 0.15) is 4.33 Å².